The molecule has 0 radical (unpaired) electrons. The fourth-order valence-corrected chi connectivity index (χ4v) is 2.92. The zero-order chi connectivity index (χ0) is 14.7. The van der Waals surface area contributed by atoms with E-state index in [-0.39, 0.29) is 5.82 Å². The molecule has 1 heterocycles. The second-order valence-corrected chi connectivity index (χ2v) is 6.19. The van der Waals surface area contributed by atoms with Gasteiger partial charge in [-0.15, -0.1) is 5.10 Å². The van der Waals surface area contributed by atoms with Crippen LogP contribution < -0.4 is 0 Å². The Balaban J connectivity index is 1.70. The van der Waals surface area contributed by atoms with Crippen molar-refractivity contribution in [2.75, 3.05) is 0 Å². The Morgan fingerprint density at radius 1 is 1.14 bits per heavy atom. The van der Waals surface area contributed by atoms with Crippen LogP contribution in [-0.2, 0) is 5.75 Å². The molecule has 0 saturated carbocycles. The summed E-state index contributed by atoms with van der Waals surface area (Å²) >= 11 is 4.66. The maximum absolute atomic E-state index is 13.7. The van der Waals surface area contributed by atoms with Gasteiger partial charge in [0.05, 0.1) is 5.69 Å². The number of aromatic nitrogens is 3. The molecule has 0 amide bonds. The standard InChI is InChI=1S/C15H11BrFN3S/c16-12-7-6-11(14(17)8-12)9-21-15-18-10-20(19-15)13-4-2-1-3-5-13/h1-8,10H,9H2. The van der Waals surface area contributed by atoms with Crippen LogP contribution in [-0.4, -0.2) is 14.8 Å². The highest BCUT2D eigenvalue weighted by Gasteiger charge is 2.07. The number of thioether (sulfide) groups is 1. The summed E-state index contributed by atoms with van der Waals surface area (Å²) in [5, 5.41) is 5.01. The first-order chi connectivity index (χ1) is 10.2. The van der Waals surface area contributed by atoms with Gasteiger partial charge in [-0.1, -0.05) is 52.0 Å². The summed E-state index contributed by atoms with van der Waals surface area (Å²) in [5.41, 5.74) is 1.59. The van der Waals surface area contributed by atoms with Gasteiger partial charge in [0.2, 0.25) is 5.16 Å². The average Bonchev–Trinajstić information content (AvgIpc) is 2.96. The molecule has 0 saturated heterocycles. The lowest BCUT2D eigenvalue weighted by Crippen LogP contribution is -1.94. The van der Waals surface area contributed by atoms with Gasteiger partial charge in [0.1, 0.15) is 12.1 Å². The minimum Gasteiger partial charge on any atom is -0.220 e. The lowest BCUT2D eigenvalue weighted by molar-refractivity contribution is 0.616. The first kappa shape index (κ1) is 14.3. The number of hydrogen-bond donors (Lipinski definition) is 0. The summed E-state index contributed by atoms with van der Waals surface area (Å²) in [4.78, 5) is 4.24. The van der Waals surface area contributed by atoms with Crippen molar-refractivity contribution in [1.29, 1.82) is 0 Å². The van der Waals surface area contributed by atoms with E-state index in [1.165, 1.54) is 17.8 Å². The molecule has 0 N–H and O–H groups in total. The second kappa shape index (κ2) is 6.41. The van der Waals surface area contributed by atoms with Crippen molar-refractivity contribution in [1.82, 2.24) is 14.8 Å². The highest BCUT2D eigenvalue weighted by molar-refractivity contribution is 9.10. The molecule has 2 aromatic carbocycles. The second-order valence-electron chi connectivity index (χ2n) is 4.33. The van der Waals surface area contributed by atoms with Crippen molar-refractivity contribution in [3.8, 4) is 5.69 Å². The number of para-hydroxylation sites is 1. The fraction of sp³-hybridized carbons (Fsp3) is 0.0667. The predicted molar refractivity (Wildman–Crippen MR) is 85.0 cm³/mol. The predicted octanol–water partition coefficient (Wildman–Crippen LogP) is 4.46. The molecule has 106 valence electrons. The van der Waals surface area contributed by atoms with Crippen LogP contribution in [0, 0.1) is 5.82 Å². The van der Waals surface area contributed by atoms with Crippen molar-refractivity contribution in [3.05, 3.63) is 70.7 Å². The van der Waals surface area contributed by atoms with Crippen LogP contribution in [0.3, 0.4) is 0 Å². The van der Waals surface area contributed by atoms with E-state index in [9.17, 15) is 4.39 Å². The molecule has 0 aliphatic heterocycles. The van der Waals surface area contributed by atoms with Crippen LogP contribution in [0.15, 0.2) is 64.5 Å². The van der Waals surface area contributed by atoms with Crippen molar-refractivity contribution < 1.29 is 4.39 Å². The summed E-state index contributed by atoms with van der Waals surface area (Å²) in [6, 6.07) is 14.8. The van der Waals surface area contributed by atoms with Crippen molar-refractivity contribution in [3.63, 3.8) is 0 Å². The Morgan fingerprint density at radius 3 is 2.71 bits per heavy atom. The lowest BCUT2D eigenvalue weighted by atomic mass is 10.2. The molecule has 3 aromatic rings. The van der Waals surface area contributed by atoms with Gasteiger partial charge in [-0.25, -0.2) is 14.1 Å². The third-order valence-corrected chi connectivity index (χ3v) is 4.26. The van der Waals surface area contributed by atoms with Crippen LogP contribution in [0.2, 0.25) is 0 Å². The maximum atomic E-state index is 13.7. The van der Waals surface area contributed by atoms with Crippen molar-refractivity contribution in [2.24, 2.45) is 0 Å². The zero-order valence-electron chi connectivity index (χ0n) is 10.9. The van der Waals surface area contributed by atoms with E-state index in [4.69, 9.17) is 0 Å². The molecule has 0 fully saturated rings. The molecule has 0 unspecified atom stereocenters. The van der Waals surface area contributed by atoms with Crippen molar-refractivity contribution in [2.45, 2.75) is 10.9 Å². The Bertz CT molecular complexity index is 746. The van der Waals surface area contributed by atoms with Crippen LogP contribution >= 0.6 is 27.7 Å². The summed E-state index contributed by atoms with van der Waals surface area (Å²) in [6.07, 6.45) is 1.66. The quantitative estimate of drug-likeness (QED) is 0.641. The van der Waals surface area contributed by atoms with Gasteiger partial charge in [0.15, 0.2) is 0 Å². The van der Waals surface area contributed by atoms with Crippen LogP contribution in [0.25, 0.3) is 5.69 Å². The van der Waals surface area contributed by atoms with Crippen LogP contribution in [0.1, 0.15) is 5.56 Å². The van der Waals surface area contributed by atoms with Crippen LogP contribution in [0.4, 0.5) is 4.39 Å². The van der Waals surface area contributed by atoms with E-state index < -0.39 is 0 Å². The summed E-state index contributed by atoms with van der Waals surface area (Å²) in [5.74, 6) is 0.275. The van der Waals surface area contributed by atoms with Gasteiger partial charge < -0.3 is 0 Å². The molecule has 0 aliphatic carbocycles. The highest BCUT2D eigenvalue weighted by Crippen LogP contribution is 2.23. The zero-order valence-corrected chi connectivity index (χ0v) is 13.3. The Hall–Kier alpha value is -1.66. The minimum absolute atomic E-state index is 0.223. The fourth-order valence-electron chi connectivity index (χ4n) is 1.80. The first-order valence-electron chi connectivity index (χ1n) is 6.26. The van der Waals surface area contributed by atoms with E-state index in [2.05, 4.69) is 26.0 Å². The van der Waals surface area contributed by atoms with Gasteiger partial charge in [0.25, 0.3) is 0 Å². The minimum atomic E-state index is -0.223. The third-order valence-electron chi connectivity index (χ3n) is 2.86. The molecule has 1 aromatic heterocycles. The molecule has 3 nitrogen and oxygen atoms in total. The number of hydrogen-bond acceptors (Lipinski definition) is 3. The van der Waals surface area contributed by atoms with E-state index in [1.54, 1.807) is 17.1 Å². The van der Waals surface area contributed by atoms with Gasteiger partial charge in [0, 0.05) is 10.2 Å². The number of benzene rings is 2. The Labute approximate surface area is 134 Å². The number of nitrogens with zero attached hydrogens (tertiary/aromatic N) is 3. The maximum Gasteiger partial charge on any atom is 0.209 e. The topological polar surface area (TPSA) is 30.7 Å². The van der Waals surface area contributed by atoms with Crippen molar-refractivity contribution >= 4 is 27.7 Å². The molecular formula is C15H11BrFN3S. The van der Waals surface area contributed by atoms with E-state index in [0.29, 0.717) is 16.5 Å². The number of halogens is 2. The lowest BCUT2D eigenvalue weighted by Gasteiger charge is -2.01. The van der Waals surface area contributed by atoms with E-state index in [1.807, 2.05) is 36.4 Å². The molecule has 0 spiro atoms. The molecule has 0 aliphatic rings. The molecule has 0 atom stereocenters. The van der Waals surface area contributed by atoms with E-state index in [0.717, 1.165) is 10.2 Å². The van der Waals surface area contributed by atoms with E-state index >= 15 is 0 Å². The third kappa shape index (κ3) is 3.51. The number of rotatable bonds is 4. The molecule has 6 heteroatoms. The summed E-state index contributed by atoms with van der Waals surface area (Å²) in [7, 11) is 0. The molecular weight excluding hydrogens is 353 g/mol. The molecule has 3 rings (SSSR count). The molecule has 21 heavy (non-hydrogen) atoms. The van der Waals surface area contributed by atoms with Gasteiger partial charge in [-0.2, -0.15) is 0 Å². The Morgan fingerprint density at radius 2 is 1.95 bits per heavy atom. The van der Waals surface area contributed by atoms with Gasteiger partial charge in [-0.05, 0) is 29.8 Å². The normalized spacial score (nSPS) is 10.8. The van der Waals surface area contributed by atoms with Gasteiger partial charge in [-0.3, -0.25) is 0 Å². The highest BCUT2D eigenvalue weighted by atomic mass is 79.9. The van der Waals surface area contributed by atoms with Crippen LogP contribution in [0.5, 0.6) is 0 Å². The first-order valence-corrected chi connectivity index (χ1v) is 8.04. The monoisotopic (exact) mass is 363 g/mol. The largest absolute Gasteiger partial charge is 0.220 e. The SMILES string of the molecule is Fc1cc(Br)ccc1CSc1ncn(-c2ccccc2)n1. The molecule has 0 bridgehead atoms. The summed E-state index contributed by atoms with van der Waals surface area (Å²) in [6.45, 7) is 0. The van der Waals surface area contributed by atoms with Gasteiger partial charge >= 0.3 is 0 Å². The smallest absolute Gasteiger partial charge is 0.209 e. The Kier molecular flexibility index (Phi) is 4.36. The summed E-state index contributed by atoms with van der Waals surface area (Å²) < 4.78 is 16.2. The average molecular weight is 364 g/mol.